The molecule has 0 aliphatic carbocycles. The Kier molecular flexibility index (Phi) is 4.64. The van der Waals surface area contributed by atoms with Crippen molar-refractivity contribution in [1.82, 2.24) is 0 Å². The van der Waals surface area contributed by atoms with E-state index in [2.05, 4.69) is 4.74 Å². The number of ether oxygens (including phenoxy) is 3. The Balaban J connectivity index is 3.01. The van der Waals surface area contributed by atoms with Crippen LogP contribution in [0.4, 0.5) is 0 Å². The number of carbonyl (C=O) groups is 3. The van der Waals surface area contributed by atoms with Gasteiger partial charge < -0.3 is 14.2 Å². The average molecular weight is 289 g/mol. The molecule has 1 aliphatic heterocycles. The van der Waals surface area contributed by atoms with Crippen LogP contribution in [0.1, 0.15) is 20.8 Å². The van der Waals surface area contributed by atoms with Crippen LogP contribution in [0.15, 0.2) is 0 Å². The van der Waals surface area contributed by atoms with Gasteiger partial charge in [-0.25, -0.2) is 0 Å². The molecule has 1 saturated heterocycles. The molecule has 1 unspecified atom stereocenters. The van der Waals surface area contributed by atoms with E-state index in [0.717, 1.165) is 0 Å². The first-order chi connectivity index (χ1) is 9.18. The smallest absolute Gasteiger partial charge is 0.324 e. The molecule has 0 spiro atoms. The third-order valence-corrected chi connectivity index (χ3v) is 2.54. The van der Waals surface area contributed by atoms with E-state index < -0.39 is 47.0 Å². The highest BCUT2D eigenvalue weighted by Gasteiger charge is 2.51. The standard InChI is InChI=1S/C11H15NO8/c1-4-18-8(13)6(5-12(16)17)7-9(14)19-11(2,3)20-10(7)15/h6-7H,4-5H2,1-3H3. The second-order valence-corrected chi connectivity index (χ2v) is 4.59. The first kappa shape index (κ1) is 15.9. The molecule has 1 fully saturated rings. The Bertz CT molecular complexity index is 424. The van der Waals surface area contributed by atoms with Crippen LogP contribution >= 0.6 is 0 Å². The van der Waals surface area contributed by atoms with Crippen LogP contribution < -0.4 is 0 Å². The van der Waals surface area contributed by atoms with Gasteiger partial charge in [-0.2, -0.15) is 0 Å². The maximum absolute atomic E-state index is 11.8. The Morgan fingerprint density at radius 3 is 2.30 bits per heavy atom. The molecule has 0 aromatic carbocycles. The van der Waals surface area contributed by atoms with E-state index in [1.165, 1.54) is 20.8 Å². The Morgan fingerprint density at radius 1 is 1.40 bits per heavy atom. The summed E-state index contributed by atoms with van der Waals surface area (Å²) in [4.78, 5) is 45.1. The normalized spacial score (nSPS) is 19.8. The summed E-state index contributed by atoms with van der Waals surface area (Å²) in [5.41, 5.74) is 0. The van der Waals surface area contributed by atoms with Crippen molar-refractivity contribution in [2.24, 2.45) is 11.8 Å². The second-order valence-electron chi connectivity index (χ2n) is 4.59. The van der Waals surface area contributed by atoms with Gasteiger partial charge >= 0.3 is 17.9 Å². The zero-order valence-electron chi connectivity index (χ0n) is 11.3. The number of carbonyl (C=O) groups excluding carboxylic acids is 3. The van der Waals surface area contributed by atoms with Crippen molar-refractivity contribution in [1.29, 1.82) is 0 Å². The molecule has 0 bridgehead atoms. The van der Waals surface area contributed by atoms with Gasteiger partial charge in [-0.05, 0) is 6.92 Å². The number of rotatable bonds is 5. The highest BCUT2D eigenvalue weighted by molar-refractivity contribution is 6.00. The van der Waals surface area contributed by atoms with Crippen LogP contribution in [0.2, 0.25) is 0 Å². The molecule has 1 atom stereocenters. The predicted octanol–water partition coefficient (Wildman–Crippen LogP) is -0.105. The van der Waals surface area contributed by atoms with Crippen LogP contribution in [0.25, 0.3) is 0 Å². The fourth-order valence-corrected chi connectivity index (χ4v) is 1.78. The minimum absolute atomic E-state index is 0.0324. The van der Waals surface area contributed by atoms with Crippen LogP contribution in [-0.4, -0.2) is 41.8 Å². The molecule has 0 aromatic rings. The number of nitrogens with zero attached hydrogens (tertiary/aromatic N) is 1. The van der Waals surface area contributed by atoms with E-state index in [-0.39, 0.29) is 6.61 Å². The van der Waals surface area contributed by atoms with Gasteiger partial charge in [0.05, 0.1) is 6.61 Å². The van der Waals surface area contributed by atoms with E-state index in [4.69, 9.17) is 9.47 Å². The van der Waals surface area contributed by atoms with E-state index >= 15 is 0 Å². The summed E-state index contributed by atoms with van der Waals surface area (Å²) in [6.45, 7) is 3.23. The summed E-state index contributed by atoms with van der Waals surface area (Å²) in [7, 11) is 0. The Morgan fingerprint density at radius 2 is 1.90 bits per heavy atom. The number of hydrogen-bond acceptors (Lipinski definition) is 8. The maximum Gasteiger partial charge on any atom is 0.324 e. The van der Waals surface area contributed by atoms with Crippen molar-refractivity contribution in [3.63, 3.8) is 0 Å². The molecule has 1 heterocycles. The summed E-state index contributed by atoms with van der Waals surface area (Å²) in [5, 5.41) is 10.6. The van der Waals surface area contributed by atoms with Gasteiger partial charge in [-0.1, -0.05) is 0 Å². The highest BCUT2D eigenvalue weighted by Crippen LogP contribution is 2.28. The fourth-order valence-electron chi connectivity index (χ4n) is 1.78. The van der Waals surface area contributed by atoms with Crippen LogP contribution in [0.5, 0.6) is 0 Å². The lowest BCUT2D eigenvalue weighted by Crippen LogP contribution is -2.51. The molecule has 0 saturated carbocycles. The molecule has 0 aromatic heterocycles. The average Bonchev–Trinajstić information content (AvgIpc) is 2.24. The lowest BCUT2D eigenvalue weighted by molar-refractivity contribution is -0.487. The van der Waals surface area contributed by atoms with Gasteiger partial charge in [0.2, 0.25) is 6.54 Å². The second kappa shape index (κ2) is 5.85. The molecule has 20 heavy (non-hydrogen) atoms. The Hall–Kier alpha value is -2.19. The van der Waals surface area contributed by atoms with Crippen molar-refractivity contribution in [2.45, 2.75) is 26.6 Å². The monoisotopic (exact) mass is 289 g/mol. The fraction of sp³-hybridized carbons (Fsp3) is 0.727. The Labute approximate surface area is 114 Å². The molecular formula is C11H15NO8. The number of esters is 3. The van der Waals surface area contributed by atoms with Crippen LogP contribution in [-0.2, 0) is 28.6 Å². The molecule has 9 nitrogen and oxygen atoms in total. The van der Waals surface area contributed by atoms with E-state index in [1.807, 2.05) is 0 Å². The van der Waals surface area contributed by atoms with E-state index in [0.29, 0.717) is 0 Å². The van der Waals surface area contributed by atoms with Gasteiger partial charge in [0, 0.05) is 18.8 Å². The molecule has 0 amide bonds. The lowest BCUT2D eigenvalue weighted by Gasteiger charge is -2.34. The maximum atomic E-state index is 11.8. The van der Waals surface area contributed by atoms with Crippen molar-refractivity contribution in [3.8, 4) is 0 Å². The number of cyclic esters (lactones) is 2. The zero-order chi connectivity index (χ0) is 15.5. The lowest BCUT2D eigenvalue weighted by atomic mass is 9.91. The summed E-state index contributed by atoms with van der Waals surface area (Å²) in [5.74, 6) is -7.80. The zero-order valence-corrected chi connectivity index (χ0v) is 11.3. The molecular weight excluding hydrogens is 274 g/mol. The minimum atomic E-state index is -1.69. The predicted molar refractivity (Wildman–Crippen MR) is 61.7 cm³/mol. The molecule has 0 radical (unpaired) electrons. The summed E-state index contributed by atoms with van der Waals surface area (Å²) in [6.07, 6.45) is 0. The third-order valence-electron chi connectivity index (χ3n) is 2.54. The molecule has 112 valence electrons. The molecule has 9 heteroatoms. The van der Waals surface area contributed by atoms with Crippen molar-refractivity contribution in [3.05, 3.63) is 10.1 Å². The molecule has 1 aliphatic rings. The number of hydrogen-bond donors (Lipinski definition) is 0. The van der Waals surface area contributed by atoms with Crippen LogP contribution in [0.3, 0.4) is 0 Å². The summed E-state index contributed by atoms with van der Waals surface area (Å²) < 4.78 is 14.3. The largest absolute Gasteiger partial charge is 0.466 e. The van der Waals surface area contributed by atoms with E-state index in [9.17, 15) is 24.5 Å². The molecule has 1 rings (SSSR count). The topological polar surface area (TPSA) is 122 Å². The SMILES string of the molecule is CCOC(=O)C(C[N+](=O)[O-])C1C(=O)OC(C)(C)OC1=O. The van der Waals surface area contributed by atoms with Gasteiger partial charge in [0.25, 0.3) is 5.79 Å². The summed E-state index contributed by atoms with van der Waals surface area (Å²) >= 11 is 0. The molecule has 0 N–H and O–H groups in total. The van der Waals surface area contributed by atoms with Gasteiger partial charge in [0.1, 0.15) is 5.92 Å². The van der Waals surface area contributed by atoms with Crippen molar-refractivity contribution in [2.75, 3.05) is 13.2 Å². The van der Waals surface area contributed by atoms with Gasteiger partial charge in [-0.3, -0.25) is 24.5 Å². The van der Waals surface area contributed by atoms with Gasteiger partial charge in [-0.15, -0.1) is 0 Å². The number of nitro groups is 1. The summed E-state index contributed by atoms with van der Waals surface area (Å²) in [6, 6.07) is 0. The first-order valence-corrected chi connectivity index (χ1v) is 5.92. The highest BCUT2D eigenvalue weighted by atomic mass is 16.7. The van der Waals surface area contributed by atoms with E-state index in [1.54, 1.807) is 0 Å². The third kappa shape index (κ3) is 3.65. The quantitative estimate of drug-likeness (QED) is 0.297. The minimum Gasteiger partial charge on any atom is -0.466 e. The van der Waals surface area contributed by atoms with Crippen molar-refractivity contribution < 1.29 is 33.5 Å². The first-order valence-electron chi connectivity index (χ1n) is 5.92. The van der Waals surface area contributed by atoms with Crippen LogP contribution in [0, 0.1) is 22.0 Å². The van der Waals surface area contributed by atoms with Crippen molar-refractivity contribution >= 4 is 17.9 Å². The van der Waals surface area contributed by atoms with Gasteiger partial charge in [0.15, 0.2) is 5.92 Å².